The fourth-order valence-electron chi connectivity index (χ4n) is 4.35. The summed E-state index contributed by atoms with van der Waals surface area (Å²) in [4.78, 5) is 21.0. The molecule has 7 heteroatoms. The van der Waals surface area contributed by atoms with Gasteiger partial charge in [-0.25, -0.2) is 0 Å². The molecule has 172 valence electrons. The van der Waals surface area contributed by atoms with Crippen molar-refractivity contribution in [2.75, 3.05) is 56.2 Å². The zero-order chi connectivity index (χ0) is 22.2. The van der Waals surface area contributed by atoms with Crippen LogP contribution < -0.4 is 19.7 Å². The molecule has 2 aromatic rings. The average Bonchev–Trinajstić information content (AvgIpc) is 3.05. The average molecular weight is 439 g/mol. The van der Waals surface area contributed by atoms with Gasteiger partial charge in [-0.15, -0.1) is 0 Å². The predicted octanol–water partition coefficient (Wildman–Crippen LogP) is 3.74. The Hall–Kier alpha value is -2.80. The summed E-state index contributed by atoms with van der Waals surface area (Å²) in [5, 5.41) is 2.83. The van der Waals surface area contributed by atoms with Gasteiger partial charge in [-0.05, 0) is 69.5 Å². The van der Waals surface area contributed by atoms with Gasteiger partial charge in [-0.3, -0.25) is 4.79 Å². The van der Waals surface area contributed by atoms with Crippen LogP contribution in [0, 0.1) is 0 Å². The van der Waals surface area contributed by atoms with Gasteiger partial charge in [0.2, 0.25) is 11.8 Å². The summed E-state index contributed by atoms with van der Waals surface area (Å²) in [6, 6.07) is 12.3. The van der Waals surface area contributed by atoms with Crippen molar-refractivity contribution in [1.29, 1.82) is 0 Å². The van der Waals surface area contributed by atoms with Crippen molar-refractivity contribution in [2.45, 2.75) is 39.0 Å². The van der Waals surface area contributed by atoms with Crippen LogP contribution in [-0.2, 0) is 11.2 Å². The summed E-state index contributed by atoms with van der Waals surface area (Å²) in [6.45, 7) is 8.71. The first-order valence-electron chi connectivity index (χ1n) is 11.8. The number of para-hydroxylation sites is 2. The lowest BCUT2D eigenvalue weighted by molar-refractivity contribution is -0.116. The van der Waals surface area contributed by atoms with Gasteiger partial charge in [0.1, 0.15) is 11.6 Å². The number of carbonyl (C=O) groups is 1. The van der Waals surface area contributed by atoms with E-state index in [1.165, 1.54) is 5.69 Å². The van der Waals surface area contributed by atoms with E-state index in [4.69, 9.17) is 9.47 Å². The quantitative estimate of drug-likeness (QED) is 0.602. The highest BCUT2D eigenvalue weighted by molar-refractivity contribution is 5.92. The van der Waals surface area contributed by atoms with Gasteiger partial charge in [-0.2, -0.15) is 4.98 Å². The molecule has 32 heavy (non-hydrogen) atoms. The van der Waals surface area contributed by atoms with E-state index in [1.54, 1.807) is 0 Å². The first-order valence-corrected chi connectivity index (χ1v) is 11.8. The van der Waals surface area contributed by atoms with E-state index in [-0.39, 0.29) is 5.91 Å². The third kappa shape index (κ3) is 5.91. The summed E-state index contributed by atoms with van der Waals surface area (Å²) in [5.41, 5.74) is 2.29. The Kier molecular flexibility index (Phi) is 7.82. The van der Waals surface area contributed by atoms with Gasteiger partial charge in [0.25, 0.3) is 0 Å². The second-order valence-electron chi connectivity index (χ2n) is 8.34. The lowest BCUT2D eigenvalue weighted by atomic mass is 10.1. The van der Waals surface area contributed by atoms with E-state index in [0.29, 0.717) is 31.3 Å². The molecule has 1 aromatic heterocycles. The number of nitrogens with one attached hydrogen (secondary N) is 1. The van der Waals surface area contributed by atoms with Gasteiger partial charge < -0.3 is 24.6 Å². The minimum atomic E-state index is 0.0274. The van der Waals surface area contributed by atoms with Crippen LogP contribution in [0.4, 0.5) is 11.5 Å². The summed E-state index contributed by atoms with van der Waals surface area (Å²) < 4.78 is 11.7. The molecule has 1 N–H and O–H groups in total. The van der Waals surface area contributed by atoms with Crippen LogP contribution in [-0.4, -0.2) is 61.7 Å². The summed E-state index contributed by atoms with van der Waals surface area (Å²) in [5.74, 6) is 2.25. The Labute approximate surface area is 190 Å². The summed E-state index contributed by atoms with van der Waals surface area (Å²) >= 11 is 0. The minimum Gasteiger partial charge on any atom is -0.492 e. The molecule has 2 aliphatic heterocycles. The Morgan fingerprint density at radius 3 is 2.81 bits per heavy atom. The Morgan fingerprint density at radius 1 is 1.00 bits per heavy atom. The first-order chi connectivity index (χ1) is 15.7. The Balaban J connectivity index is 1.18. The van der Waals surface area contributed by atoms with Crippen molar-refractivity contribution in [3.63, 3.8) is 0 Å². The van der Waals surface area contributed by atoms with Crippen LogP contribution in [0.5, 0.6) is 11.6 Å². The molecule has 0 spiro atoms. The van der Waals surface area contributed by atoms with Gasteiger partial charge in [-0.1, -0.05) is 12.1 Å². The maximum Gasteiger partial charge on any atom is 0.225 e. The number of carbonyl (C=O) groups excluding carboxylic acids is 1. The first kappa shape index (κ1) is 22.4. The Bertz CT molecular complexity index is 905. The minimum absolute atomic E-state index is 0.0274. The SMILES string of the molecule is CCOc1ccccc1N1CCCN(CCCCOc2ccc3c(n2)NC(=O)CC3)CC1. The van der Waals surface area contributed by atoms with Crippen molar-refractivity contribution in [1.82, 2.24) is 9.88 Å². The molecule has 0 bridgehead atoms. The second-order valence-corrected chi connectivity index (χ2v) is 8.34. The number of fused-ring (bicyclic) bond motifs is 1. The number of pyridine rings is 1. The van der Waals surface area contributed by atoms with Crippen molar-refractivity contribution < 1.29 is 14.3 Å². The van der Waals surface area contributed by atoms with Gasteiger partial charge in [0, 0.05) is 32.1 Å². The van der Waals surface area contributed by atoms with Crippen LogP contribution >= 0.6 is 0 Å². The molecule has 3 heterocycles. The molecule has 0 saturated carbocycles. The molecule has 1 saturated heterocycles. The van der Waals surface area contributed by atoms with Gasteiger partial charge in [0.05, 0.1) is 18.9 Å². The molecule has 0 radical (unpaired) electrons. The smallest absolute Gasteiger partial charge is 0.225 e. The Morgan fingerprint density at radius 2 is 1.91 bits per heavy atom. The largest absolute Gasteiger partial charge is 0.492 e. The van der Waals surface area contributed by atoms with E-state index in [2.05, 4.69) is 38.3 Å². The molecular formula is C25H34N4O3. The molecule has 1 amide bonds. The highest BCUT2D eigenvalue weighted by Gasteiger charge is 2.18. The maximum absolute atomic E-state index is 11.6. The van der Waals surface area contributed by atoms with Gasteiger partial charge >= 0.3 is 0 Å². The summed E-state index contributed by atoms with van der Waals surface area (Å²) in [7, 11) is 0. The third-order valence-electron chi connectivity index (χ3n) is 6.05. The van der Waals surface area contributed by atoms with Crippen LogP contribution in [0.25, 0.3) is 0 Å². The highest BCUT2D eigenvalue weighted by Crippen LogP contribution is 2.29. The third-order valence-corrected chi connectivity index (χ3v) is 6.05. The monoisotopic (exact) mass is 438 g/mol. The summed E-state index contributed by atoms with van der Waals surface area (Å²) in [6.07, 6.45) is 4.51. The van der Waals surface area contributed by atoms with E-state index < -0.39 is 0 Å². The highest BCUT2D eigenvalue weighted by atomic mass is 16.5. The number of rotatable bonds is 9. The zero-order valence-electron chi connectivity index (χ0n) is 19.0. The lowest BCUT2D eigenvalue weighted by Crippen LogP contribution is -2.31. The molecule has 1 aromatic carbocycles. The molecule has 0 aliphatic carbocycles. The van der Waals surface area contributed by atoms with Crippen LogP contribution in [0.1, 0.15) is 38.2 Å². The van der Waals surface area contributed by atoms with Crippen molar-refractivity contribution in [3.05, 3.63) is 42.0 Å². The number of anilines is 2. The number of nitrogens with zero attached hydrogens (tertiary/aromatic N) is 3. The molecule has 0 atom stereocenters. The number of aryl methyl sites for hydroxylation is 1. The zero-order valence-corrected chi connectivity index (χ0v) is 19.0. The molecule has 7 nitrogen and oxygen atoms in total. The number of hydrogen-bond donors (Lipinski definition) is 1. The number of aromatic nitrogens is 1. The molecule has 0 unspecified atom stereocenters. The van der Waals surface area contributed by atoms with E-state index in [0.717, 1.165) is 69.7 Å². The van der Waals surface area contributed by atoms with Crippen LogP contribution in [0.3, 0.4) is 0 Å². The number of ether oxygens (including phenoxy) is 2. The number of benzene rings is 1. The van der Waals surface area contributed by atoms with Crippen LogP contribution in [0.2, 0.25) is 0 Å². The van der Waals surface area contributed by atoms with Crippen LogP contribution in [0.15, 0.2) is 36.4 Å². The molecular weight excluding hydrogens is 404 g/mol. The van der Waals surface area contributed by atoms with Gasteiger partial charge in [0.15, 0.2) is 0 Å². The fourth-order valence-corrected chi connectivity index (χ4v) is 4.35. The molecule has 4 rings (SSSR count). The van der Waals surface area contributed by atoms with Crippen molar-refractivity contribution in [2.24, 2.45) is 0 Å². The van der Waals surface area contributed by atoms with Crippen molar-refractivity contribution >= 4 is 17.4 Å². The maximum atomic E-state index is 11.6. The van der Waals surface area contributed by atoms with E-state index in [9.17, 15) is 4.79 Å². The topological polar surface area (TPSA) is 66.9 Å². The lowest BCUT2D eigenvalue weighted by Gasteiger charge is -2.25. The fraction of sp³-hybridized carbons (Fsp3) is 0.520. The molecule has 2 aliphatic rings. The second kappa shape index (κ2) is 11.2. The molecule has 1 fully saturated rings. The predicted molar refractivity (Wildman–Crippen MR) is 127 cm³/mol. The van der Waals surface area contributed by atoms with E-state index >= 15 is 0 Å². The van der Waals surface area contributed by atoms with Crippen molar-refractivity contribution in [3.8, 4) is 11.6 Å². The number of hydrogen-bond acceptors (Lipinski definition) is 6. The van der Waals surface area contributed by atoms with E-state index in [1.807, 2.05) is 25.1 Å². The number of amides is 1. The number of unbranched alkanes of at least 4 members (excludes halogenated alkanes) is 1. The normalized spacial score (nSPS) is 16.8. The standard InChI is InChI=1S/C25H34N4O3/c1-2-31-22-9-4-3-8-21(22)29-16-7-15-28(17-18-29)14-5-6-19-32-24-13-11-20-10-12-23(30)26-25(20)27-24/h3-4,8-9,11,13H,2,5-7,10,12,14-19H2,1H3,(H,26,27,30).